The molecule has 0 heterocycles. The Morgan fingerprint density at radius 1 is 1.00 bits per heavy atom. The third-order valence-corrected chi connectivity index (χ3v) is 4.39. The molecule has 0 aliphatic heterocycles. The van der Waals surface area contributed by atoms with Gasteiger partial charge in [0.1, 0.15) is 6.04 Å². The first kappa shape index (κ1) is 17.7. The fourth-order valence-corrected chi connectivity index (χ4v) is 2.80. The molecule has 1 N–H and O–H groups in total. The Labute approximate surface area is 142 Å². The molecule has 2 rings (SSSR count). The number of carbonyl (C=O) groups is 2. The summed E-state index contributed by atoms with van der Waals surface area (Å²) in [6.07, 6.45) is 0.513. The number of amides is 1. The standard InChI is InChI=1S/C20H23NO3/c1-14-8-7-9-15(2)17(14)13-19(22)21(3)18(20(23)24)12-16-10-5-4-6-11-16/h4-11,18H,12-13H2,1-3H3,(H,23,24). The van der Waals surface area contributed by atoms with Crippen molar-refractivity contribution in [1.82, 2.24) is 4.90 Å². The summed E-state index contributed by atoms with van der Waals surface area (Å²) in [6, 6.07) is 14.4. The van der Waals surface area contributed by atoms with Gasteiger partial charge in [-0.05, 0) is 36.1 Å². The summed E-state index contributed by atoms with van der Waals surface area (Å²) < 4.78 is 0. The molecule has 0 fully saturated rings. The third-order valence-electron chi connectivity index (χ3n) is 4.39. The maximum Gasteiger partial charge on any atom is 0.326 e. The Kier molecular flexibility index (Phi) is 5.74. The average Bonchev–Trinajstić information content (AvgIpc) is 2.56. The van der Waals surface area contributed by atoms with Crippen molar-refractivity contribution in [3.63, 3.8) is 0 Å². The lowest BCUT2D eigenvalue weighted by Crippen LogP contribution is -2.44. The van der Waals surface area contributed by atoms with E-state index in [1.165, 1.54) is 4.90 Å². The molecule has 1 unspecified atom stereocenters. The number of benzene rings is 2. The van der Waals surface area contributed by atoms with Gasteiger partial charge in [0.15, 0.2) is 0 Å². The molecule has 126 valence electrons. The molecular formula is C20H23NO3. The fourth-order valence-electron chi connectivity index (χ4n) is 2.80. The highest BCUT2D eigenvalue weighted by Gasteiger charge is 2.27. The zero-order chi connectivity index (χ0) is 17.7. The van der Waals surface area contributed by atoms with Gasteiger partial charge in [0, 0.05) is 13.5 Å². The maximum absolute atomic E-state index is 12.6. The van der Waals surface area contributed by atoms with Gasteiger partial charge in [-0.3, -0.25) is 4.79 Å². The fraction of sp³-hybridized carbons (Fsp3) is 0.300. The van der Waals surface area contributed by atoms with Crippen LogP contribution in [-0.2, 0) is 22.4 Å². The topological polar surface area (TPSA) is 57.6 Å². The second kappa shape index (κ2) is 7.77. The number of hydrogen-bond acceptors (Lipinski definition) is 2. The number of nitrogens with zero attached hydrogens (tertiary/aromatic N) is 1. The van der Waals surface area contributed by atoms with Crippen LogP contribution in [0.15, 0.2) is 48.5 Å². The van der Waals surface area contributed by atoms with E-state index in [0.29, 0.717) is 6.42 Å². The number of aryl methyl sites for hydroxylation is 2. The first-order valence-corrected chi connectivity index (χ1v) is 7.97. The number of likely N-dealkylation sites (N-methyl/N-ethyl adjacent to an activating group) is 1. The van der Waals surface area contributed by atoms with Crippen molar-refractivity contribution in [3.05, 3.63) is 70.8 Å². The SMILES string of the molecule is Cc1cccc(C)c1CC(=O)N(C)C(Cc1ccccc1)C(=O)O. The minimum atomic E-state index is -0.990. The van der Waals surface area contributed by atoms with E-state index < -0.39 is 12.0 Å². The summed E-state index contributed by atoms with van der Waals surface area (Å²) in [4.78, 5) is 25.6. The van der Waals surface area contributed by atoms with Gasteiger partial charge in [-0.1, -0.05) is 48.5 Å². The zero-order valence-corrected chi connectivity index (χ0v) is 14.3. The highest BCUT2D eigenvalue weighted by molar-refractivity contribution is 5.85. The van der Waals surface area contributed by atoms with E-state index in [0.717, 1.165) is 22.3 Å². The van der Waals surface area contributed by atoms with Crippen LogP contribution in [0.2, 0.25) is 0 Å². The van der Waals surface area contributed by atoms with Crippen molar-refractivity contribution in [2.75, 3.05) is 7.05 Å². The van der Waals surface area contributed by atoms with E-state index in [9.17, 15) is 14.7 Å². The van der Waals surface area contributed by atoms with Gasteiger partial charge >= 0.3 is 5.97 Å². The molecule has 0 bridgehead atoms. The number of rotatable bonds is 6. The molecule has 2 aromatic rings. The van der Waals surface area contributed by atoms with Crippen LogP contribution in [0, 0.1) is 13.8 Å². The average molecular weight is 325 g/mol. The lowest BCUT2D eigenvalue weighted by Gasteiger charge is -2.25. The summed E-state index contributed by atoms with van der Waals surface area (Å²) in [7, 11) is 1.57. The molecular weight excluding hydrogens is 302 g/mol. The molecule has 0 spiro atoms. The Morgan fingerprint density at radius 3 is 2.12 bits per heavy atom. The first-order chi connectivity index (χ1) is 11.4. The summed E-state index contributed by atoms with van der Waals surface area (Å²) in [6.45, 7) is 3.93. The van der Waals surface area contributed by atoms with Crippen LogP contribution in [0.3, 0.4) is 0 Å². The van der Waals surface area contributed by atoms with Crippen LogP contribution in [0.4, 0.5) is 0 Å². The molecule has 0 aromatic heterocycles. The zero-order valence-electron chi connectivity index (χ0n) is 14.3. The molecule has 0 radical (unpaired) electrons. The van der Waals surface area contributed by atoms with Crippen molar-refractivity contribution < 1.29 is 14.7 Å². The Bertz CT molecular complexity index is 705. The minimum Gasteiger partial charge on any atom is -0.480 e. The van der Waals surface area contributed by atoms with E-state index in [2.05, 4.69) is 0 Å². The quantitative estimate of drug-likeness (QED) is 0.888. The Morgan fingerprint density at radius 2 is 1.58 bits per heavy atom. The normalized spacial score (nSPS) is 11.8. The smallest absolute Gasteiger partial charge is 0.326 e. The van der Waals surface area contributed by atoms with Crippen LogP contribution in [-0.4, -0.2) is 35.0 Å². The van der Waals surface area contributed by atoms with Crippen molar-refractivity contribution in [3.8, 4) is 0 Å². The second-order valence-electron chi connectivity index (χ2n) is 6.10. The summed E-state index contributed by atoms with van der Waals surface area (Å²) in [5.41, 5.74) is 3.97. The molecule has 1 atom stereocenters. The van der Waals surface area contributed by atoms with Gasteiger partial charge in [0.05, 0.1) is 6.42 Å². The minimum absolute atomic E-state index is 0.185. The number of carboxylic acids is 1. The lowest BCUT2D eigenvalue weighted by molar-refractivity contribution is -0.148. The molecule has 2 aromatic carbocycles. The van der Waals surface area contributed by atoms with Gasteiger partial charge in [-0.25, -0.2) is 4.79 Å². The molecule has 1 amide bonds. The maximum atomic E-state index is 12.6. The van der Waals surface area contributed by atoms with E-state index in [4.69, 9.17) is 0 Å². The van der Waals surface area contributed by atoms with Gasteiger partial charge < -0.3 is 10.0 Å². The van der Waals surface area contributed by atoms with Crippen LogP contribution >= 0.6 is 0 Å². The molecule has 0 saturated carbocycles. The van der Waals surface area contributed by atoms with E-state index in [1.807, 2.05) is 62.4 Å². The lowest BCUT2D eigenvalue weighted by atomic mass is 9.98. The predicted octanol–water partition coefficient (Wildman–Crippen LogP) is 3.00. The van der Waals surface area contributed by atoms with Crippen molar-refractivity contribution >= 4 is 11.9 Å². The van der Waals surface area contributed by atoms with Crippen molar-refractivity contribution in [2.24, 2.45) is 0 Å². The van der Waals surface area contributed by atoms with E-state index in [-0.39, 0.29) is 12.3 Å². The predicted molar refractivity (Wildman–Crippen MR) is 94.0 cm³/mol. The Hall–Kier alpha value is -2.62. The second-order valence-corrected chi connectivity index (χ2v) is 6.10. The highest BCUT2D eigenvalue weighted by Crippen LogP contribution is 2.16. The van der Waals surface area contributed by atoms with E-state index >= 15 is 0 Å². The van der Waals surface area contributed by atoms with Crippen LogP contribution in [0.5, 0.6) is 0 Å². The first-order valence-electron chi connectivity index (χ1n) is 7.97. The Balaban J connectivity index is 2.16. The monoisotopic (exact) mass is 325 g/mol. The molecule has 4 nitrogen and oxygen atoms in total. The molecule has 4 heteroatoms. The van der Waals surface area contributed by atoms with Crippen LogP contribution in [0.25, 0.3) is 0 Å². The molecule has 0 aliphatic carbocycles. The third kappa shape index (κ3) is 4.22. The largest absolute Gasteiger partial charge is 0.480 e. The van der Waals surface area contributed by atoms with Gasteiger partial charge in [-0.2, -0.15) is 0 Å². The number of hydrogen-bond donors (Lipinski definition) is 1. The van der Waals surface area contributed by atoms with E-state index in [1.54, 1.807) is 7.05 Å². The number of carboxylic acid groups (broad SMARTS) is 1. The van der Waals surface area contributed by atoms with Crippen molar-refractivity contribution in [1.29, 1.82) is 0 Å². The van der Waals surface area contributed by atoms with Gasteiger partial charge in [-0.15, -0.1) is 0 Å². The summed E-state index contributed by atoms with van der Waals surface area (Å²) in [5.74, 6) is -1.17. The number of carbonyl (C=O) groups excluding carboxylic acids is 1. The molecule has 0 aliphatic rings. The van der Waals surface area contributed by atoms with Crippen LogP contribution < -0.4 is 0 Å². The molecule has 24 heavy (non-hydrogen) atoms. The van der Waals surface area contributed by atoms with Gasteiger partial charge in [0.25, 0.3) is 0 Å². The van der Waals surface area contributed by atoms with Crippen molar-refractivity contribution in [2.45, 2.75) is 32.7 Å². The van der Waals surface area contributed by atoms with Gasteiger partial charge in [0.2, 0.25) is 5.91 Å². The highest BCUT2D eigenvalue weighted by atomic mass is 16.4. The number of aliphatic carboxylic acids is 1. The van der Waals surface area contributed by atoms with Crippen LogP contribution in [0.1, 0.15) is 22.3 Å². The molecule has 0 saturated heterocycles. The summed E-state index contributed by atoms with van der Waals surface area (Å²) >= 11 is 0. The summed E-state index contributed by atoms with van der Waals surface area (Å²) in [5, 5.41) is 9.54.